The van der Waals surface area contributed by atoms with Crippen LogP contribution in [0.4, 0.5) is 0 Å². The molecule has 1 unspecified atom stereocenters. The van der Waals surface area contributed by atoms with Crippen LogP contribution < -0.4 is 0 Å². The molecule has 0 aliphatic heterocycles. The third-order valence-corrected chi connectivity index (χ3v) is 11.2. The fourth-order valence-corrected chi connectivity index (χ4v) is 7.06. The van der Waals surface area contributed by atoms with Gasteiger partial charge in [0.1, 0.15) is 13.2 Å². The molecule has 0 radical (unpaired) electrons. The first-order valence-electron chi connectivity index (χ1n) is 27.7. The van der Waals surface area contributed by atoms with Gasteiger partial charge in [0.25, 0.3) is 0 Å². The van der Waals surface area contributed by atoms with Gasteiger partial charge in [0, 0.05) is 19.3 Å². The minimum absolute atomic E-state index is 0.106. The van der Waals surface area contributed by atoms with E-state index in [1.54, 1.807) is 0 Å². The lowest BCUT2D eigenvalue weighted by molar-refractivity contribution is -0.167. The van der Waals surface area contributed by atoms with Gasteiger partial charge in [0.15, 0.2) is 6.10 Å². The van der Waals surface area contributed by atoms with E-state index in [0.29, 0.717) is 19.3 Å². The number of unbranched alkanes of at least 4 members (excludes halogenated alkanes) is 15. The molecule has 0 aromatic heterocycles. The standard InChI is InChI=1S/C63H100O6/c1-4-7-10-13-16-19-22-24-25-26-27-28-29-30-31-32-33-34-35-36-37-39-41-44-47-50-53-56-62(65)68-59-60(58-67-61(64)55-52-49-46-43-40-21-18-15-12-9-6-3)69-63(66)57-54-51-48-45-42-38-23-20-17-14-11-8-5-2/h7-8,10-11,16-17,19-20,24-25,27-28,30-31,33-34,36-38,41-42,44,60H,4-6,9,12-15,18,21-23,26,29,32,35,39-40,43,45-59H2,1-3H3/b10-7-,11-8-,19-16-,20-17-,25-24-,28-27-,31-30-,34-33-,37-36-,42-38-,44-41-. The van der Waals surface area contributed by atoms with Crippen molar-refractivity contribution in [3.63, 3.8) is 0 Å². The Morgan fingerprint density at radius 2 is 0.565 bits per heavy atom. The molecule has 0 aliphatic rings. The van der Waals surface area contributed by atoms with E-state index in [1.807, 2.05) is 0 Å². The molecule has 0 heterocycles. The number of hydrogen-bond donors (Lipinski definition) is 0. The average Bonchev–Trinajstić information content (AvgIpc) is 3.35. The number of ether oxygens (including phenoxy) is 3. The van der Waals surface area contributed by atoms with Crippen LogP contribution in [0.3, 0.4) is 0 Å². The quantitative estimate of drug-likeness (QED) is 0.0262. The van der Waals surface area contributed by atoms with Gasteiger partial charge in [-0.2, -0.15) is 0 Å². The maximum atomic E-state index is 12.8. The Labute approximate surface area is 424 Å². The van der Waals surface area contributed by atoms with Crippen LogP contribution in [0.1, 0.15) is 226 Å². The zero-order valence-electron chi connectivity index (χ0n) is 44.3. The third-order valence-electron chi connectivity index (χ3n) is 11.2. The van der Waals surface area contributed by atoms with Gasteiger partial charge in [-0.3, -0.25) is 14.4 Å². The minimum atomic E-state index is -0.813. The lowest BCUT2D eigenvalue weighted by Crippen LogP contribution is -2.30. The highest BCUT2D eigenvalue weighted by molar-refractivity contribution is 5.71. The fraction of sp³-hybridized carbons (Fsp3) is 0.603. The number of rotatable bonds is 48. The Balaban J connectivity index is 4.42. The van der Waals surface area contributed by atoms with Gasteiger partial charge < -0.3 is 14.2 Å². The second-order valence-electron chi connectivity index (χ2n) is 17.7. The summed E-state index contributed by atoms with van der Waals surface area (Å²) in [6.07, 6.45) is 78.8. The molecule has 0 aromatic carbocycles. The average molecular weight is 953 g/mol. The number of hydrogen-bond acceptors (Lipinski definition) is 6. The first-order chi connectivity index (χ1) is 34.0. The van der Waals surface area contributed by atoms with Crippen molar-refractivity contribution in [2.24, 2.45) is 0 Å². The summed E-state index contributed by atoms with van der Waals surface area (Å²) >= 11 is 0. The number of carbonyl (C=O) groups is 3. The van der Waals surface area contributed by atoms with Gasteiger partial charge in [-0.25, -0.2) is 0 Å². The lowest BCUT2D eigenvalue weighted by Gasteiger charge is -2.18. The topological polar surface area (TPSA) is 78.9 Å². The molecule has 1 atom stereocenters. The van der Waals surface area contributed by atoms with E-state index >= 15 is 0 Å². The van der Waals surface area contributed by atoms with Crippen LogP contribution in [0, 0.1) is 0 Å². The summed E-state index contributed by atoms with van der Waals surface area (Å²) in [6, 6.07) is 0. The van der Waals surface area contributed by atoms with Gasteiger partial charge in [-0.1, -0.05) is 225 Å². The van der Waals surface area contributed by atoms with Crippen LogP contribution in [0.25, 0.3) is 0 Å². The fourth-order valence-electron chi connectivity index (χ4n) is 7.06. The van der Waals surface area contributed by atoms with Crippen molar-refractivity contribution in [3.8, 4) is 0 Å². The molecule has 0 saturated carbocycles. The molecular weight excluding hydrogens is 853 g/mol. The summed E-state index contributed by atoms with van der Waals surface area (Å²) < 4.78 is 16.7. The van der Waals surface area contributed by atoms with Crippen molar-refractivity contribution in [2.75, 3.05) is 13.2 Å². The van der Waals surface area contributed by atoms with E-state index in [2.05, 4.69) is 154 Å². The Hall–Kier alpha value is -4.45. The van der Waals surface area contributed by atoms with Crippen LogP contribution in [-0.2, 0) is 28.6 Å². The van der Waals surface area contributed by atoms with Crippen LogP contribution in [0.2, 0.25) is 0 Å². The molecule has 0 aliphatic carbocycles. The molecule has 6 heteroatoms. The molecule has 0 fully saturated rings. The summed E-state index contributed by atoms with van der Waals surface area (Å²) in [4.78, 5) is 38.0. The summed E-state index contributed by atoms with van der Waals surface area (Å²) in [5.41, 5.74) is 0. The zero-order chi connectivity index (χ0) is 50.0. The number of allylic oxidation sites excluding steroid dienone is 22. The summed E-state index contributed by atoms with van der Waals surface area (Å²) in [6.45, 7) is 6.32. The molecule has 0 amide bonds. The van der Waals surface area contributed by atoms with Gasteiger partial charge in [-0.15, -0.1) is 0 Å². The van der Waals surface area contributed by atoms with Gasteiger partial charge in [0.2, 0.25) is 0 Å². The molecule has 0 aromatic rings. The third kappa shape index (κ3) is 54.4. The van der Waals surface area contributed by atoms with Gasteiger partial charge in [-0.05, 0) is 116 Å². The molecule has 0 N–H and O–H groups in total. The summed E-state index contributed by atoms with van der Waals surface area (Å²) in [5.74, 6) is -0.990. The smallest absolute Gasteiger partial charge is 0.306 e. The van der Waals surface area contributed by atoms with Gasteiger partial charge >= 0.3 is 17.9 Å². The maximum absolute atomic E-state index is 12.8. The Kier molecular flexibility index (Phi) is 52.5. The Bertz CT molecular complexity index is 1510. The van der Waals surface area contributed by atoms with E-state index < -0.39 is 6.10 Å². The highest BCUT2D eigenvalue weighted by Gasteiger charge is 2.19. The molecule has 0 spiro atoms. The Morgan fingerprint density at radius 3 is 0.913 bits per heavy atom. The largest absolute Gasteiger partial charge is 0.462 e. The second kappa shape index (κ2) is 56.1. The van der Waals surface area contributed by atoms with Crippen molar-refractivity contribution in [1.29, 1.82) is 0 Å². The van der Waals surface area contributed by atoms with Gasteiger partial charge in [0.05, 0.1) is 0 Å². The molecule has 6 nitrogen and oxygen atoms in total. The van der Waals surface area contributed by atoms with Crippen LogP contribution in [-0.4, -0.2) is 37.2 Å². The van der Waals surface area contributed by atoms with Crippen LogP contribution in [0.15, 0.2) is 134 Å². The van der Waals surface area contributed by atoms with Crippen molar-refractivity contribution in [1.82, 2.24) is 0 Å². The van der Waals surface area contributed by atoms with E-state index in [1.165, 1.54) is 51.4 Å². The Morgan fingerprint density at radius 1 is 0.304 bits per heavy atom. The van der Waals surface area contributed by atoms with E-state index in [9.17, 15) is 14.4 Å². The van der Waals surface area contributed by atoms with Crippen molar-refractivity contribution in [3.05, 3.63) is 134 Å². The normalized spacial score (nSPS) is 13.1. The van der Waals surface area contributed by atoms with E-state index in [0.717, 1.165) is 128 Å². The van der Waals surface area contributed by atoms with E-state index in [4.69, 9.17) is 14.2 Å². The van der Waals surface area contributed by atoms with Crippen molar-refractivity contribution < 1.29 is 28.6 Å². The lowest BCUT2D eigenvalue weighted by atomic mass is 10.1. The number of carbonyl (C=O) groups excluding carboxylic acids is 3. The first kappa shape index (κ1) is 64.5. The minimum Gasteiger partial charge on any atom is -0.462 e. The first-order valence-corrected chi connectivity index (χ1v) is 27.7. The van der Waals surface area contributed by atoms with Crippen LogP contribution in [0.5, 0.6) is 0 Å². The van der Waals surface area contributed by atoms with Crippen LogP contribution >= 0.6 is 0 Å². The molecule has 0 saturated heterocycles. The van der Waals surface area contributed by atoms with Crippen molar-refractivity contribution in [2.45, 2.75) is 232 Å². The van der Waals surface area contributed by atoms with E-state index in [-0.39, 0.29) is 37.5 Å². The van der Waals surface area contributed by atoms with Crippen molar-refractivity contribution >= 4 is 17.9 Å². The predicted molar refractivity (Wildman–Crippen MR) is 297 cm³/mol. The summed E-state index contributed by atoms with van der Waals surface area (Å²) in [5, 5.41) is 0. The molecule has 388 valence electrons. The molecule has 0 rings (SSSR count). The second-order valence-corrected chi connectivity index (χ2v) is 17.7. The monoisotopic (exact) mass is 953 g/mol. The number of esters is 3. The molecule has 0 bridgehead atoms. The molecule has 69 heavy (non-hydrogen) atoms. The zero-order valence-corrected chi connectivity index (χ0v) is 44.3. The molecular formula is C63H100O6. The highest BCUT2D eigenvalue weighted by Crippen LogP contribution is 2.13. The summed E-state index contributed by atoms with van der Waals surface area (Å²) in [7, 11) is 0. The maximum Gasteiger partial charge on any atom is 0.306 e. The highest BCUT2D eigenvalue weighted by atomic mass is 16.6. The predicted octanol–water partition coefficient (Wildman–Crippen LogP) is 18.6. The SMILES string of the molecule is CC/C=C\C/C=C\C/C=C\C/C=C\C/C=C\C/C=C\C/C=C\C/C=C\CCCCC(=O)OCC(COC(=O)CCCCCCCCCCCCC)OC(=O)CCCCC/C=C\C/C=C\C/C=C\CC.